The highest BCUT2D eigenvalue weighted by molar-refractivity contribution is 14.0. The molecule has 0 aromatic heterocycles. The van der Waals surface area contributed by atoms with Gasteiger partial charge in [-0.05, 0) is 37.5 Å². The van der Waals surface area contributed by atoms with Crippen molar-refractivity contribution >= 4 is 35.6 Å². The lowest BCUT2D eigenvalue weighted by Crippen LogP contribution is -2.31. The van der Waals surface area contributed by atoms with Crippen molar-refractivity contribution < 1.29 is 14.2 Å². The van der Waals surface area contributed by atoms with Crippen LogP contribution in [0.5, 0.6) is 11.5 Å². The molecule has 0 radical (unpaired) electrons. The van der Waals surface area contributed by atoms with Crippen LogP contribution in [0.3, 0.4) is 0 Å². The molecule has 1 aliphatic rings. The maximum absolute atomic E-state index is 6.11. The fraction of sp³-hybridized carbons (Fsp3) is 0.435. The van der Waals surface area contributed by atoms with E-state index in [9.17, 15) is 0 Å². The summed E-state index contributed by atoms with van der Waals surface area (Å²) in [4.78, 5) is 4.33. The normalized spacial score (nSPS) is 13.7. The number of ether oxygens (including phenoxy) is 3. The van der Waals surface area contributed by atoms with Crippen molar-refractivity contribution in [2.75, 3.05) is 32.7 Å². The van der Waals surface area contributed by atoms with Crippen LogP contribution >= 0.6 is 24.0 Å². The molecule has 0 unspecified atom stereocenters. The lowest BCUT2D eigenvalue weighted by Gasteiger charge is -2.27. The van der Waals surface area contributed by atoms with E-state index < -0.39 is 0 Å². The number of rotatable bonds is 10. The zero-order valence-electron chi connectivity index (χ0n) is 17.7. The second-order valence-corrected chi connectivity index (χ2v) is 7.05. The molecule has 3 rings (SSSR count). The van der Waals surface area contributed by atoms with Crippen molar-refractivity contribution in [3.63, 3.8) is 0 Å². The Bertz CT molecular complexity index is 797. The number of halogens is 1. The summed E-state index contributed by atoms with van der Waals surface area (Å²) in [6.45, 7) is 1.96. The molecule has 0 saturated heterocycles. The van der Waals surface area contributed by atoms with Gasteiger partial charge in [-0.15, -0.1) is 24.0 Å². The minimum absolute atomic E-state index is 0. The Morgan fingerprint density at radius 2 is 1.93 bits per heavy atom. The summed E-state index contributed by atoms with van der Waals surface area (Å²) in [5.74, 6) is 2.47. The molecule has 30 heavy (non-hydrogen) atoms. The van der Waals surface area contributed by atoms with Gasteiger partial charge in [-0.3, -0.25) is 4.99 Å². The maximum atomic E-state index is 6.11. The maximum Gasteiger partial charge on any atom is 0.195 e. The summed E-state index contributed by atoms with van der Waals surface area (Å²) in [5.41, 5.74) is 2.04. The molecule has 0 bridgehead atoms. The van der Waals surface area contributed by atoms with E-state index in [1.54, 1.807) is 14.2 Å². The lowest BCUT2D eigenvalue weighted by molar-refractivity contribution is 0.119. The van der Waals surface area contributed by atoms with Gasteiger partial charge in [0.25, 0.3) is 0 Å². The molecule has 1 fully saturated rings. The van der Waals surface area contributed by atoms with Crippen molar-refractivity contribution in [2.24, 2.45) is 4.99 Å². The molecule has 2 aromatic carbocycles. The molecule has 0 atom stereocenters. The predicted octanol–water partition coefficient (Wildman–Crippen LogP) is 4.84. The Kier molecular flexibility index (Phi) is 10.8. The molecule has 6 nitrogen and oxygen atoms in total. The number of benzene rings is 2. The van der Waals surface area contributed by atoms with E-state index in [4.69, 9.17) is 14.2 Å². The molecule has 0 aliphatic heterocycles. The Morgan fingerprint density at radius 1 is 1.10 bits per heavy atom. The van der Waals surface area contributed by atoms with Crippen molar-refractivity contribution in [1.29, 1.82) is 0 Å². The van der Waals surface area contributed by atoms with Gasteiger partial charge in [0, 0.05) is 51.0 Å². The molecular formula is C23H32IN3O3. The zero-order chi connectivity index (χ0) is 20.3. The van der Waals surface area contributed by atoms with Crippen LogP contribution in [-0.4, -0.2) is 39.4 Å². The van der Waals surface area contributed by atoms with E-state index >= 15 is 0 Å². The number of anilines is 1. The lowest BCUT2D eigenvalue weighted by atomic mass is 9.96. The molecule has 0 amide bonds. The van der Waals surface area contributed by atoms with E-state index in [1.807, 2.05) is 42.5 Å². The van der Waals surface area contributed by atoms with E-state index in [2.05, 4.69) is 21.7 Å². The third-order valence-electron chi connectivity index (χ3n) is 4.85. The van der Waals surface area contributed by atoms with E-state index in [0.717, 1.165) is 42.0 Å². The summed E-state index contributed by atoms with van der Waals surface area (Å²) in [6.07, 6.45) is 4.78. The third-order valence-corrected chi connectivity index (χ3v) is 4.85. The second kappa shape index (κ2) is 13.3. The summed E-state index contributed by atoms with van der Waals surface area (Å²) >= 11 is 0. The summed E-state index contributed by atoms with van der Waals surface area (Å²) in [6, 6.07) is 16.0. The predicted molar refractivity (Wildman–Crippen MR) is 132 cm³/mol. The van der Waals surface area contributed by atoms with Crippen LogP contribution in [0.4, 0.5) is 5.69 Å². The van der Waals surface area contributed by atoms with Gasteiger partial charge in [-0.1, -0.05) is 24.3 Å². The van der Waals surface area contributed by atoms with Gasteiger partial charge in [0.2, 0.25) is 0 Å². The Labute approximate surface area is 196 Å². The molecule has 0 spiro atoms. The largest absolute Gasteiger partial charge is 0.493 e. The van der Waals surface area contributed by atoms with Crippen LogP contribution in [0, 0.1) is 0 Å². The second-order valence-electron chi connectivity index (χ2n) is 7.05. The summed E-state index contributed by atoms with van der Waals surface area (Å²) in [5, 5.41) is 6.68. The standard InChI is InChI=1S/C23H31N3O3.HI/c1-24-23(26-19-9-5-12-21(16-19)28-15-7-14-27-2)25-17-18-8-3-4-13-22(18)29-20-10-6-11-20;/h3-5,8-9,12-13,16,20H,6-7,10-11,14-15,17H2,1-2H3,(H2,24,25,26);1H. The topological polar surface area (TPSA) is 64.1 Å². The van der Waals surface area contributed by atoms with E-state index in [1.165, 1.54) is 6.42 Å². The molecule has 0 heterocycles. The third kappa shape index (κ3) is 7.68. The Hall–Kier alpha value is -2.00. The van der Waals surface area contributed by atoms with Crippen molar-refractivity contribution in [3.8, 4) is 11.5 Å². The number of para-hydroxylation sites is 1. The smallest absolute Gasteiger partial charge is 0.195 e. The van der Waals surface area contributed by atoms with Gasteiger partial charge in [-0.2, -0.15) is 0 Å². The fourth-order valence-electron chi connectivity index (χ4n) is 2.98. The highest BCUT2D eigenvalue weighted by atomic mass is 127. The quantitative estimate of drug-likeness (QED) is 0.201. The van der Waals surface area contributed by atoms with Gasteiger partial charge in [0.15, 0.2) is 5.96 Å². The van der Waals surface area contributed by atoms with Crippen LogP contribution in [0.2, 0.25) is 0 Å². The molecule has 2 N–H and O–H groups in total. The first-order chi connectivity index (χ1) is 14.3. The van der Waals surface area contributed by atoms with Crippen LogP contribution in [0.1, 0.15) is 31.2 Å². The van der Waals surface area contributed by atoms with Gasteiger partial charge in [0.05, 0.1) is 12.7 Å². The molecule has 1 saturated carbocycles. The number of methoxy groups -OCH3 is 1. The average molecular weight is 525 g/mol. The number of nitrogens with zero attached hydrogens (tertiary/aromatic N) is 1. The molecular weight excluding hydrogens is 493 g/mol. The van der Waals surface area contributed by atoms with Gasteiger partial charge in [0.1, 0.15) is 11.5 Å². The summed E-state index contributed by atoms with van der Waals surface area (Å²) in [7, 11) is 3.46. The summed E-state index contributed by atoms with van der Waals surface area (Å²) < 4.78 is 16.9. The van der Waals surface area contributed by atoms with Gasteiger partial charge < -0.3 is 24.8 Å². The zero-order valence-corrected chi connectivity index (χ0v) is 20.1. The van der Waals surface area contributed by atoms with E-state index in [-0.39, 0.29) is 24.0 Å². The first-order valence-corrected chi connectivity index (χ1v) is 10.2. The van der Waals surface area contributed by atoms with E-state index in [0.29, 0.717) is 31.8 Å². The molecule has 7 heteroatoms. The van der Waals surface area contributed by atoms with Crippen LogP contribution in [-0.2, 0) is 11.3 Å². The number of hydrogen-bond donors (Lipinski definition) is 2. The Morgan fingerprint density at radius 3 is 2.67 bits per heavy atom. The van der Waals surface area contributed by atoms with Crippen LogP contribution in [0.15, 0.2) is 53.5 Å². The van der Waals surface area contributed by atoms with Gasteiger partial charge in [-0.25, -0.2) is 0 Å². The highest BCUT2D eigenvalue weighted by Crippen LogP contribution is 2.27. The fourth-order valence-corrected chi connectivity index (χ4v) is 2.98. The number of nitrogens with one attached hydrogen (secondary N) is 2. The average Bonchev–Trinajstić information content (AvgIpc) is 2.72. The van der Waals surface area contributed by atoms with Crippen molar-refractivity contribution in [3.05, 3.63) is 54.1 Å². The first-order valence-electron chi connectivity index (χ1n) is 10.2. The number of guanidine groups is 1. The molecule has 2 aromatic rings. The van der Waals surface area contributed by atoms with Crippen LogP contribution in [0.25, 0.3) is 0 Å². The van der Waals surface area contributed by atoms with Crippen molar-refractivity contribution in [1.82, 2.24) is 5.32 Å². The minimum Gasteiger partial charge on any atom is -0.493 e. The SMILES string of the molecule is CN=C(NCc1ccccc1OC1CCC1)Nc1cccc(OCCCOC)c1.I. The number of aliphatic imine (C=N–C) groups is 1. The van der Waals surface area contributed by atoms with Gasteiger partial charge >= 0.3 is 0 Å². The molecule has 1 aliphatic carbocycles. The monoisotopic (exact) mass is 525 g/mol. The minimum atomic E-state index is 0. The molecule has 164 valence electrons. The first kappa shape index (κ1) is 24.3. The van der Waals surface area contributed by atoms with Crippen LogP contribution < -0.4 is 20.1 Å². The number of hydrogen-bond acceptors (Lipinski definition) is 4. The Balaban J connectivity index is 0.00000320. The highest BCUT2D eigenvalue weighted by Gasteiger charge is 2.20. The van der Waals surface area contributed by atoms with Crippen molar-refractivity contribution in [2.45, 2.75) is 38.3 Å².